The molecule has 0 atom stereocenters. The lowest BCUT2D eigenvalue weighted by Gasteiger charge is -2.08. The number of thioether (sulfide) groups is 1. The number of hydrogen-bond donors (Lipinski definition) is 2. The molecule has 0 bridgehead atoms. The molecular weight excluding hydrogens is 308 g/mol. The van der Waals surface area contributed by atoms with E-state index >= 15 is 0 Å². The molecule has 110 valence electrons. The van der Waals surface area contributed by atoms with Crippen molar-refractivity contribution in [2.24, 2.45) is 0 Å². The molecule has 21 heavy (non-hydrogen) atoms. The molecule has 1 saturated carbocycles. The minimum atomic E-state index is -0.0943. The Kier molecular flexibility index (Phi) is 4.17. The highest BCUT2D eigenvalue weighted by molar-refractivity contribution is 7.99. The molecule has 2 N–H and O–H groups in total. The molecule has 0 aliphatic heterocycles. The average molecular weight is 323 g/mol. The lowest BCUT2D eigenvalue weighted by Crippen LogP contribution is -2.15. The molecule has 7 heteroatoms. The summed E-state index contributed by atoms with van der Waals surface area (Å²) in [5, 5.41) is 11.2. The van der Waals surface area contributed by atoms with Crippen LogP contribution >= 0.6 is 23.4 Å². The summed E-state index contributed by atoms with van der Waals surface area (Å²) < 4.78 is 0. The molecule has 0 saturated heterocycles. The van der Waals surface area contributed by atoms with Gasteiger partial charge in [-0.05, 0) is 37.5 Å². The van der Waals surface area contributed by atoms with Crippen LogP contribution in [0.1, 0.15) is 30.1 Å². The summed E-state index contributed by atoms with van der Waals surface area (Å²) in [5.74, 6) is 1.65. The van der Waals surface area contributed by atoms with Crippen LogP contribution < -0.4 is 5.32 Å². The van der Waals surface area contributed by atoms with Crippen molar-refractivity contribution in [2.45, 2.75) is 30.8 Å². The number of amides is 1. The number of rotatable bonds is 5. The minimum Gasteiger partial charge on any atom is -0.325 e. The third-order valence-electron chi connectivity index (χ3n) is 3.32. The molecule has 3 rings (SSSR count). The number of carbonyl (C=O) groups excluding carboxylic acids is 1. The van der Waals surface area contributed by atoms with Gasteiger partial charge in [0.2, 0.25) is 11.1 Å². The highest BCUT2D eigenvalue weighted by Crippen LogP contribution is 2.38. The van der Waals surface area contributed by atoms with E-state index in [4.69, 9.17) is 11.6 Å². The summed E-state index contributed by atoms with van der Waals surface area (Å²) in [4.78, 5) is 16.3. The summed E-state index contributed by atoms with van der Waals surface area (Å²) in [7, 11) is 0. The van der Waals surface area contributed by atoms with Crippen LogP contribution in [-0.4, -0.2) is 26.8 Å². The number of nitrogens with one attached hydrogen (secondary N) is 2. The molecule has 1 aliphatic carbocycles. The van der Waals surface area contributed by atoms with Gasteiger partial charge in [-0.3, -0.25) is 9.89 Å². The predicted octanol–water partition coefficient (Wildman–Crippen LogP) is 3.37. The first-order valence-electron chi connectivity index (χ1n) is 6.73. The maximum Gasteiger partial charge on any atom is 0.234 e. The second kappa shape index (κ2) is 6.07. The van der Waals surface area contributed by atoms with Crippen molar-refractivity contribution in [3.63, 3.8) is 0 Å². The molecule has 0 radical (unpaired) electrons. The van der Waals surface area contributed by atoms with Gasteiger partial charge in [0.1, 0.15) is 5.82 Å². The molecule has 0 unspecified atom stereocenters. The fourth-order valence-corrected chi connectivity index (χ4v) is 2.70. The van der Waals surface area contributed by atoms with Crippen molar-refractivity contribution in [3.8, 4) is 0 Å². The largest absolute Gasteiger partial charge is 0.325 e. The van der Waals surface area contributed by atoms with E-state index in [2.05, 4.69) is 20.5 Å². The summed E-state index contributed by atoms with van der Waals surface area (Å²) >= 11 is 7.35. The lowest BCUT2D eigenvalue weighted by molar-refractivity contribution is -0.113. The predicted molar refractivity (Wildman–Crippen MR) is 83.9 cm³/mol. The molecule has 1 heterocycles. The van der Waals surface area contributed by atoms with Crippen molar-refractivity contribution in [1.29, 1.82) is 0 Å². The van der Waals surface area contributed by atoms with Gasteiger partial charge in [0.25, 0.3) is 0 Å². The molecule has 0 spiro atoms. The first kappa shape index (κ1) is 14.4. The molecular formula is C14H15ClN4OS. The molecule has 2 aromatic rings. The SMILES string of the molecule is Cc1c(Cl)cccc1NC(=O)CSc1n[nH]c(C2CC2)n1. The molecule has 1 aliphatic rings. The Morgan fingerprint density at radius 2 is 2.33 bits per heavy atom. The number of hydrogen-bond acceptors (Lipinski definition) is 4. The van der Waals surface area contributed by atoms with Crippen LogP contribution in [0.4, 0.5) is 5.69 Å². The zero-order valence-corrected chi connectivity index (χ0v) is 13.1. The van der Waals surface area contributed by atoms with Crippen molar-refractivity contribution < 1.29 is 4.79 Å². The quantitative estimate of drug-likeness (QED) is 0.828. The molecule has 1 aromatic carbocycles. The summed E-state index contributed by atoms with van der Waals surface area (Å²) in [6, 6.07) is 5.45. The molecule has 5 nitrogen and oxygen atoms in total. The van der Waals surface area contributed by atoms with Crippen LogP contribution in [0.15, 0.2) is 23.4 Å². The molecule has 1 aromatic heterocycles. The van der Waals surface area contributed by atoms with E-state index in [1.165, 1.54) is 24.6 Å². The summed E-state index contributed by atoms with van der Waals surface area (Å²) in [5.41, 5.74) is 1.60. The summed E-state index contributed by atoms with van der Waals surface area (Å²) in [6.45, 7) is 1.88. The number of halogens is 1. The number of nitrogens with zero attached hydrogens (tertiary/aromatic N) is 2. The van der Waals surface area contributed by atoms with E-state index in [0.717, 1.165) is 17.1 Å². The summed E-state index contributed by atoms with van der Waals surface area (Å²) in [6.07, 6.45) is 2.35. The Morgan fingerprint density at radius 1 is 1.52 bits per heavy atom. The van der Waals surface area contributed by atoms with E-state index in [1.807, 2.05) is 19.1 Å². The number of H-pyrrole nitrogens is 1. The van der Waals surface area contributed by atoms with Gasteiger partial charge in [0, 0.05) is 16.6 Å². The average Bonchev–Trinajstić information content (AvgIpc) is 3.21. The van der Waals surface area contributed by atoms with Gasteiger partial charge < -0.3 is 5.32 Å². The van der Waals surface area contributed by atoms with Gasteiger partial charge in [0.05, 0.1) is 5.75 Å². The Hall–Kier alpha value is -1.53. The minimum absolute atomic E-state index is 0.0943. The number of carbonyl (C=O) groups is 1. The van der Waals surface area contributed by atoms with Crippen molar-refractivity contribution in [3.05, 3.63) is 34.6 Å². The van der Waals surface area contributed by atoms with E-state index in [-0.39, 0.29) is 11.7 Å². The van der Waals surface area contributed by atoms with Gasteiger partial charge in [-0.25, -0.2) is 4.98 Å². The van der Waals surface area contributed by atoms with Crippen LogP contribution in [0, 0.1) is 6.92 Å². The van der Waals surface area contributed by atoms with E-state index in [1.54, 1.807) is 6.07 Å². The van der Waals surface area contributed by atoms with Crippen LogP contribution in [0.25, 0.3) is 0 Å². The highest BCUT2D eigenvalue weighted by Gasteiger charge is 2.27. The first-order valence-corrected chi connectivity index (χ1v) is 8.10. The Morgan fingerprint density at radius 3 is 3.10 bits per heavy atom. The van der Waals surface area contributed by atoms with Crippen molar-refractivity contribution >= 4 is 35.0 Å². The lowest BCUT2D eigenvalue weighted by atomic mass is 10.2. The second-order valence-electron chi connectivity index (χ2n) is 5.03. The topological polar surface area (TPSA) is 70.7 Å². The van der Waals surface area contributed by atoms with Gasteiger partial charge in [-0.15, -0.1) is 5.10 Å². The standard InChI is InChI=1S/C14H15ClN4OS/c1-8-10(15)3-2-4-11(8)16-12(20)7-21-14-17-13(18-19-14)9-5-6-9/h2-4,9H,5-7H2,1H3,(H,16,20)(H,17,18,19). The fourth-order valence-electron chi connectivity index (χ4n) is 1.92. The fraction of sp³-hybridized carbons (Fsp3) is 0.357. The maximum absolute atomic E-state index is 12.0. The number of aromatic amines is 1. The zero-order valence-electron chi connectivity index (χ0n) is 11.5. The Labute approximate surface area is 131 Å². The smallest absolute Gasteiger partial charge is 0.234 e. The van der Waals surface area contributed by atoms with E-state index in [9.17, 15) is 4.79 Å². The van der Waals surface area contributed by atoms with Crippen LogP contribution in [0.5, 0.6) is 0 Å². The first-order chi connectivity index (χ1) is 10.1. The van der Waals surface area contributed by atoms with Crippen LogP contribution in [0.3, 0.4) is 0 Å². The highest BCUT2D eigenvalue weighted by atomic mass is 35.5. The normalized spacial score (nSPS) is 14.2. The van der Waals surface area contributed by atoms with E-state index in [0.29, 0.717) is 16.1 Å². The van der Waals surface area contributed by atoms with Gasteiger partial charge in [-0.2, -0.15) is 0 Å². The second-order valence-corrected chi connectivity index (χ2v) is 6.38. The monoisotopic (exact) mass is 322 g/mol. The van der Waals surface area contributed by atoms with Crippen LogP contribution in [0.2, 0.25) is 5.02 Å². The van der Waals surface area contributed by atoms with Crippen molar-refractivity contribution in [1.82, 2.24) is 15.2 Å². The van der Waals surface area contributed by atoms with E-state index < -0.39 is 0 Å². The third-order valence-corrected chi connectivity index (χ3v) is 4.58. The number of anilines is 1. The third kappa shape index (κ3) is 3.57. The van der Waals surface area contributed by atoms with Gasteiger partial charge in [-0.1, -0.05) is 29.4 Å². The number of aromatic nitrogens is 3. The van der Waals surface area contributed by atoms with Crippen LogP contribution in [-0.2, 0) is 4.79 Å². The Bertz CT molecular complexity index is 669. The maximum atomic E-state index is 12.0. The molecule has 1 fully saturated rings. The zero-order chi connectivity index (χ0) is 14.8. The van der Waals surface area contributed by atoms with Crippen molar-refractivity contribution in [2.75, 3.05) is 11.1 Å². The number of benzene rings is 1. The van der Waals surface area contributed by atoms with Gasteiger partial charge >= 0.3 is 0 Å². The molecule has 1 amide bonds. The Balaban J connectivity index is 1.54. The van der Waals surface area contributed by atoms with Gasteiger partial charge in [0.15, 0.2) is 0 Å².